The summed E-state index contributed by atoms with van der Waals surface area (Å²) in [6, 6.07) is 0. The van der Waals surface area contributed by atoms with Gasteiger partial charge in [0, 0.05) is 0 Å². The van der Waals surface area contributed by atoms with Crippen molar-refractivity contribution in [1.29, 1.82) is 0 Å². The fraction of sp³-hybridized carbons (Fsp3) is 0.500. The normalized spacial score (nSPS) is 21.0. The average Bonchev–Trinajstić information content (AvgIpc) is 2.33. The molecule has 0 radical (unpaired) electrons. The van der Waals surface area contributed by atoms with Gasteiger partial charge in [0.2, 0.25) is 5.88 Å². The maximum atomic E-state index is 9.40. The van der Waals surface area contributed by atoms with Crippen molar-refractivity contribution in [2.45, 2.75) is 26.6 Å². The lowest BCUT2D eigenvalue weighted by atomic mass is 10.2. The number of hydrogen-bond donors (Lipinski definition) is 1. The van der Waals surface area contributed by atoms with E-state index in [1.54, 1.807) is 6.92 Å². The Bertz CT molecular complexity index is 325. The molecule has 1 aliphatic heterocycles. The smallest absolute Gasteiger partial charge is 0.220 e. The van der Waals surface area contributed by atoms with Crippen LogP contribution < -0.4 is 0 Å². The molecule has 0 saturated carbocycles. The third kappa shape index (κ3) is 0.956. The molecular formula is C8H10N2O2. The van der Waals surface area contributed by atoms with Gasteiger partial charge in [-0.2, -0.15) is 4.98 Å². The standard InChI is InChI=1S/C8H10N2O2/c1-4-7-6(3-12-4)8(11)10-5(2)9-7/h4H,3H2,1-2H3,(H,9,10,11). The van der Waals surface area contributed by atoms with Crippen molar-refractivity contribution in [3.05, 3.63) is 17.1 Å². The van der Waals surface area contributed by atoms with Crippen LogP contribution in [-0.4, -0.2) is 15.1 Å². The van der Waals surface area contributed by atoms with Crippen molar-refractivity contribution in [1.82, 2.24) is 9.97 Å². The summed E-state index contributed by atoms with van der Waals surface area (Å²) < 4.78 is 5.30. The van der Waals surface area contributed by atoms with Gasteiger partial charge in [-0.05, 0) is 13.8 Å². The summed E-state index contributed by atoms with van der Waals surface area (Å²) in [5.74, 6) is 0.644. The van der Waals surface area contributed by atoms with E-state index in [2.05, 4.69) is 9.97 Å². The van der Waals surface area contributed by atoms with Crippen LogP contribution in [0.1, 0.15) is 30.1 Å². The highest BCUT2D eigenvalue weighted by molar-refractivity contribution is 5.32. The Hall–Kier alpha value is -1.16. The van der Waals surface area contributed by atoms with Crippen molar-refractivity contribution in [3.8, 4) is 5.88 Å². The minimum Gasteiger partial charge on any atom is -0.493 e. The Morgan fingerprint density at radius 1 is 1.50 bits per heavy atom. The summed E-state index contributed by atoms with van der Waals surface area (Å²) in [5, 5.41) is 9.40. The molecular weight excluding hydrogens is 156 g/mol. The predicted octanol–water partition coefficient (Wildman–Crippen LogP) is 1.08. The van der Waals surface area contributed by atoms with E-state index in [0.29, 0.717) is 12.4 Å². The van der Waals surface area contributed by atoms with Crippen molar-refractivity contribution in [3.63, 3.8) is 0 Å². The van der Waals surface area contributed by atoms with Gasteiger partial charge >= 0.3 is 0 Å². The van der Waals surface area contributed by atoms with Gasteiger partial charge in [-0.15, -0.1) is 0 Å². The van der Waals surface area contributed by atoms with Crippen molar-refractivity contribution >= 4 is 0 Å². The average molecular weight is 166 g/mol. The molecule has 1 N–H and O–H groups in total. The third-order valence-electron chi connectivity index (χ3n) is 1.99. The van der Waals surface area contributed by atoms with Crippen LogP contribution in [0.5, 0.6) is 5.88 Å². The summed E-state index contributed by atoms with van der Waals surface area (Å²) in [6.45, 7) is 4.09. The fourth-order valence-corrected chi connectivity index (χ4v) is 1.36. The van der Waals surface area contributed by atoms with E-state index >= 15 is 0 Å². The van der Waals surface area contributed by atoms with Gasteiger partial charge in [-0.3, -0.25) is 0 Å². The number of aromatic nitrogens is 2. The lowest BCUT2D eigenvalue weighted by molar-refractivity contribution is 0.0773. The van der Waals surface area contributed by atoms with E-state index in [4.69, 9.17) is 4.74 Å². The Kier molecular flexibility index (Phi) is 1.51. The van der Waals surface area contributed by atoms with Gasteiger partial charge in [-0.1, -0.05) is 0 Å². The minimum atomic E-state index is -0.0207. The molecule has 1 aliphatic rings. The van der Waals surface area contributed by atoms with Crippen molar-refractivity contribution < 1.29 is 9.84 Å². The maximum absolute atomic E-state index is 9.40. The Morgan fingerprint density at radius 3 is 3.00 bits per heavy atom. The van der Waals surface area contributed by atoms with Crippen LogP contribution in [0.2, 0.25) is 0 Å². The highest BCUT2D eigenvalue weighted by Gasteiger charge is 2.24. The van der Waals surface area contributed by atoms with Crippen LogP contribution in [0.3, 0.4) is 0 Å². The van der Waals surface area contributed by atoms with Crippen LogP contribution in [0.25, 0.3) is 0 Å². The molecule has 0 saturated heterocycles. The highest BCUT2D eigenvalue weighted by atomic mass is 16.5. The Balaban J connectivity index is 2.60. The highest BCUT2D eigenvalue weighted by Crippen LogP contribution is 2.32. The monoisotopic (exact) mass is 166 g/mol. The largest absolute Gasteiger partial charge is 0.493 e. The molecule has 1 unspecified atom stereocenters. The minimum absolute atomic E-state index is 0.0207. The summed E-state index contributed by atoms with van der Waals surface area (Å²) in [6.07, 6.45) is -0.0207. The zero-order valence-electron chi connectivity index (χ0n) is 7.03. The number of nitrogens with zero attached hydrogens (tertiary/aromatic N) is 2. The number of aromatic hydroxyl groups is 1. The first-order valence-corrected chi connectivity index (χ1v) is 3.86. The van der Waals surface area contributed by atoms with Gasteiger partial charge in [0.15, 0.2) is 0 Å². The molecule has 12 heavy (non-hydrogen) atoms. The SMILES string of the molecule is Cc1nc(O)c2c(n1)C(C)OC2. The quantitative estimate of drug-likeness (QED) is 0.626. The molecule has 0 aliphatic carbocycles. The number of hydrogen-bond acceptors (Lipinski definition) is 4. The molecule has 1 aromatic heterocycles. The van der Waals surface area contributed by atoms with Gasteiger partial charge in [0.05, 0.1) is 24.0 Å². The molecule has 0 spiro atoms. The Labute approximate surface area is 70.2 Å². The molecule has 1 atom stereocenters. The molecule has 4 nitrogen and oxygen atoms in total. The van der Waals surface area contributed by atoms with Gasteiger partial charge in [0.25, 0.3) is 0 Å². The maximum Gasteiger partial charge on any atom is 0.220 e. The van der Waals surface area contributed by atoms with E-state index in [1.165, 1.54) is 0 Å². The van der Waals surface area contributed by atoms with Crippen LogP contribution in [0.15, 0.2) is 0 Å². The predicted molar refractivity (Wildman–Crippen MR) is 41.6 cm³/mol. The van der Waals surface area contributed by atoms with Crippen LogP contribution >= 0.6 is 0 Å². The van der Waals surface area contributed by atoms with Crippen LogP contribution in [0.4, 0.5) is 0 Å². The zero-order chi connectivity index (χ0) is 8.72. The second kappa shape index (κ2) is 2.42. The van der Waals surface area contributed by atoms with Crippen LogP contribution in [-0.2, 0) is 11.3 Å². The van der Waals surface area contributed by atoms with E-state index in [0.717, 1.165) is 11.3 Å². The van der Waals surface area contributed by atoms with E-state index < -0.39 is 0 Å². The lowest BCUT2D eigenvalue weighted by Crippen LogP contribution is -1.97. The number of fused-ring (bicyclic) bond motifs is 1. The van der Waals surface area contributed by atoms with Crippen molar-refractivity contribution in [2.24, 2.45) is 0 Å². The molecule has 64 valence electrons. The number of aryl methyl sites for hydroxylation is 1. The number of ether oxygens (including phenoxy) is 1. The van der Waals surface area contributed by atoms with Gasteiger partial charge in [-0.25, -0.2) is 4.98 Å². The second-order valence-corrected chi connectivity index (χ2v) is 2.91. The van der Waals surface area contributed by atoms with E-state index in [1.807, 2.05) is 6.92 Å². The molecule has 0 aromatic carbocycles. The number of rotatable bonds is 0. The first-order chi connectivity index (χ1) is 5.68. The first-order valence-electron chi connectivity index (χ1n) is 3.86. The molecule has 4 heteroatoms. The first kappa shape index (κ1) is 7.49. The second-order valence-electron chi connectivity index (χ2n) is 2.91. The Morgan fingerprint density at radius 2 is 2.25 bits per heavy atom. The summed E-state index contributed by atoms with van der Waals surface area (Å²) in [4.78, 5) is 8.04. The molecule has 0 bridgehead atoms. The zero-order valence-corrected chi connectivity index (χ0v) is 7.03. The molecule has 1 aromatic rings. The summed E-state index contributed by atoms with van der Waals surface area (Å²) in [7, 11) is 0. The fourth-order valence-electron chi connectivity index (χ4n) is 1.36. The molecule has 0 fully saturated rings. The van der Waals surface area contributed by atoms with Gasteiger partial charge in [0.1, 0.15) is 5.82 Å². The third-order valence-corrected chi connectivity index (χ3v) is 1.99. The summed E-state index contributed by atoms with van der Waals surface area (Å²) >= 11 is 0. The lowest BCUT2D eigenvalue weighted by Gasteiger charge is -2.02. The van der Waals surface area contributed by atoms with E-state index in [9.17, 15) is 5.11 Å². The molecule has 2 rings (SSSR count). The summed E-state index contributed by atoms with van der Waals surface area (Å²) in [5.41, 5.74) is 1.55. The van der Waals surface area contributed by atoms with Gasteiger partial charge < -0.3 is 9.84 Å². The molecule has 2 heterocycles. The van der Waals surface area contributed by atoms with Crippen LogP contribution in [0, 0.1) is 6.92 Å². The molecule has 0 amide bonds. The van der Waals surface area contributed by atoms with Crippen molar-refractivity contribution in [2.75, 3.05) is 0 Å². The topological polar surface area (TPSA) is 55.2 Å². The van der Waals surface area contributed by atoms with E-state index in [-0.39, 0.29) is 12.0 Å².